The number of carbonyl (C=O) groups excluding carboxylic acids is 3. The molecule has 1 saturated carbocycles. The van der Waals surface area contributed by atoms with Crippen LogP contribution in [0.25, 0.3) is 0 Å². The fraction of sp³-hybridized carbons (Fsp3) is 0.357. The number of fused-ring (bicyclic) bond motifs is 1. The Morgan fingerprint density at radius 2 is 1.90 bits per heavy atom. The minimum atomic E-state index is -1.18. The molecule has 1 aromatic carbocycles. The first-order valence-corrected chi connectivity index (χ1v) is 6.62. The zero-order valence-corrected chi connectivity index (χ0v) is 11.0. The number of nitrogens with one attached hydrogen (secondary N) is 1. The van der Waals surface area contributed by atoms with E-state index in [4.69, 9.17) is 0 Å². The average Bonchev–Trinajstić information content (AvgIpc) is 3.21. The van der Waals surface area contributed by atoms with E-state index in [-0.39, 0.29) is 36.2 Å². The van der Waals surface area contributed by atoms with Gasteiger partial charge in [0.25, 0.3) is 11.7 Å². The van der Waals surface area contributed by atoms with Crippen LogP contribution in [0.3, 0.4) is 0 Å². The van der Waals surface area contributed by atoms with Crippen LogP contribution in [0.4, 0.5) is 14.5 Å². The molecule has 0 aromatic heterocycles. The van der Waals surface area contributed by atoms with Crippen molar-refractivity contribution in [3.05, 3.63) is 29.3 Å². The fourth-order valence-corrected chi connectivity index (χ4v) is 2.25. The molecule has 1 heterocycles. The maximum absolute atomic E-state index is 13.3. The van der Waals surface area contributed by atoms with E-state index in [1.807, 2.05) is 0 Å². The number of anilines is 1. The van der Waals surface area contributed by atoms with Gasteiger partial charge in [0, 0.05) is 25.1 Å². The lowest BCUT2D eigenvalue weighted by molar-refractivity contribution is -0.121. The molecule has 1 aromatic rings. The first-order chi connectivity index (χ1) is 9.97. The van der Waals surface area contributed by atoms with Gasteiger partial charge in [-0.25, -0.2) is 8.78 Å². The third-order valence-corrected chi connectivity index (χ3v) is 3.52. The van der Waals surface area contributed by atoms with Crippen LogP contribution in [-0.4, -0.2) is 30.2 Å². The Hall–Kier alpha value is -2.31. The molecule has 0 atom stereocenters. The van der Waals surface area contributed by atoms with Gasteiger partial charge in [-0.3, -0.25) is 14.4 Å². The summed E-state index contributed by atoms with van der Waals surface area (Å²) >= 11 is 0. The van der Waals surface area contributed by atoms with E-state index >= 15 is 0 Å². The Bertz CT molecular complexity index is 656. The summed E-state index contributed by atoms with van der Waals surface area (Å²) in [4.78, 5) is 36.2. The standard InChI is InChI=1S/C14H12F2N2O3/c15-9-5-8-11(6-10(9)16)18(14(21)13(8)20)4-3-12(19)17-7-1-2-7/h5-7H,1-4H2,(H,17,19). The molecule has 2 aliphatic rings. The van der Waals surface area contributed by atoms with Gasteiger partial charge >= 0.3 is 0 Å². The van der Waals surface area contributed by atoms with Crippen molar-refractivity contribution in [3.63, 3.8) is 0 Å². The fourth-order valence-electron chi connectivity index (χ4n) is 2.25. The van der Waals surface area contributed by atoms with Crippen LogP contribution in [0.15, 0.2) is 12.1 Å². The Morgan fingerprint density at radius 3 is 2.57 bits per heavy atom. The molecule has 110 valence electrons. The van der Waals surface area contributed by atoms with Crippen molar-refractivity contribution in [2.24, 2.45) is 0 Å². The second kappa shape index (κ2) is 4.91. The monoisotopic (exact) mass is 294 g/mol. The van der Waals surface area contributed by atoms with Gasteiger partial charge in [0.15, 0.2) is 11.6 Å². The molecule has 2 amide bonds. The Labute approximate surface area is 118 Å². The van der Waals surface area contributed by atoms with Gasteiger partial charge in [0.2, 0.25) is 5.91 Å². The number of amides is 2. The van der Waals surface area contributed by atoms with Gasteiger partial charge < -0.3 is 10.2 Å². The largest absolute Gasteiger partial charge is 0.353 e. The van der Waals surface area contributed by atoms with Crippen molar-refractivity contribution in [1.82, 2.24) is 5.32 Å². The lowest BCUT2D eigenvalue weighted by atomic mass is 10.1. The molecule has 1 aliphatic heterocycles. The summed E-state index contributed by atoms with van der Waals surface area (Å²) in [5.74, 6) is -4.29. The molecule has 21 heavy (non-hydrogen) atoms. The number of hydrogen-bond donors (Lipinski definition) is 1. The van der Waals surface area contributed by atoms with Gasteiger partial charge in [-0.2, -0.15) is 0 Å². The number of Topliss-reactive ketones (excluding diaryl/α,β-unsaturated/α-hetero) is 1. The Morgan fingerprint density at radius 1 is 1.24 bits per heavy atom. The average molecular weight is 294 g/mol. The molecule has 0 radical (unpaired) electrons. The van der Waals surface area contributed by atoms with Gasteiger partial charge in [-0.05, 0) is 18.9 Å². The van der Waals surface area contributed by atoms with E-state index in [1.165, 1.54) is 0 Å². The number of nitrogens with zero attached hydrogens (tertiary/aromatic N) is 1. The highest BCUT2D eigenvalue weighted by Gasteiger charge is 2.37. The summed E-state index contributed by atoms with van der Waals surface area (Å²) in [5, 5.41) is 2.75. The van der Waals surface area contributed by atoms with Crippen molar-refractivity contribution < 1.29 is 23.2 Å². The third-order valence-electron chi connectivity index (χ3n) is 3.52. The lowest BCUT2D eigenvalue weighted by Gasteiger charge is -2.16. The van der Waals surface area contributed by atoms with Crippen molar-refractivity contribution in [1.29, 1.82) is 0 Å². The molecule has 1 N–H and O–H groups in total. The Balaban J connectivity index is 1.77. The van der Waals surface area contributed by atoms with Crippen LogP contribution in [0.5, 0.6) is 0 Å². The Kier molecular flexibility index (Phi) is 3.19. The number of ketones is 1. The van der Waals surface area contributed by atoms with E-state index in [9.17, 15) is 23.2 Å². The molecule has 7 heteroatoms. The summed E-state index contributed by atoms with van der Waals surface area (Å²) in [5.41, 5.74) is -0.148. The number of halogens is 2. The van der Waals surface area contributed by atoms with Crippen molar-refractivity contribution in [2.45, 2.75) is 25.3 Å². The minimum absolute atomic E-state index is 0.00789. The molecule has 0 spiro atoms. The van der Waals surface area contributed by atoms with Gasteiger partial charge in [-0.1, -0.05) is 0 Å². The van der Waals surface area contributed by atoms with Crippen LogP contribution < -0.4 is 10.2 Å². The topological polar surface area (TPSA) is 66.5 Å². The maximum atomic E-state index is 13.3. The van der Waals surface area contributed by atoms with Gasteiger partial charge in [-0.15, -0.1) is 0 Å². The quantitative estimate of drug-likeness (QED) is 0.848. The summed E-state index contributed by atoms with van der Waals surface area (Å²) in [6.45, 7) is -0.0405. The van der Waals surface area contributed by atoms with Crippen LogP contribution in [0, 0.1) is 11.6 Å². The zero-order valence-electron chi connectivity index (χ0n) is 11.0. The first kappa shape index (κ1) is 13.7. The second-order valence-electron chi connectivity index (χ2n) is 5.16. The first-order valence-electron chi connectivity index (χ1n) is 6.62. The summed E-state index contributed by atoms with van der Waals surface area (Å²) in [6, 6.07) is 1.73. The normalized spacial score (nSPS) is 17.1. The lowest BCUT2D eigenvalue weighted by Crippen LogP contribution is -2.35. The number of hydrogen-bond acceptors (Lipinski definition) is 3. The minimum Gasteiger partial charge on any atom is -0.353 e. The molecule has 5 nitrogen and oxygen atoms in total. The molecule has 1 aliphatic carbocycles. The molecule has 0 unspecified atom stereocenters. The SMILES string of the molecule is O=C(CCN1C(=O)C(=O)c2cc(F)c(F)cc21)NC1CC1. The van der Waals surface area contributed by atoms with E-state index in [2.05, 4.69) is 5.32 Å². The van der Waals surface area contributed by atoms with Crippen LogP contribution >= 0.6 is 0 Å². The van der Waals surface area contributed by atoms with Crippen LogP contribution in [0.2, 0.25) is 0 Å². The predicted octanol–water partition coefficient (Wildman–Crippen LogP) is 1.16. The van der Waals surface area contributed by atoms with Crippen molar-refractivity contribution in [3.8, 4) is 0 Å². The third kappa shape index (κ3) is 2.51. The van der Waals surface area contributed by atoms with Crippen LogP contribution in [0.1, 0.15) is 29.6 Å². The molecular weight excluding hydrogens is 282 g/mol. The van der Waals surface area contributed by atoms with E-state index in [1.54, 1.807) is 0 Å². The summed E-state index contributed by atoms with van der Waals surface area (Å²) < 4.78 is 26.4. The molecular formula is C14H12F2N2O3. The number of rotatable bonds is 4. The van der Waals surface area contributed by atoms with Gasteiger partial charge in [0.05, 0.1) is 11.3 Å². The van der Waals surface area contributed by atoms with Crippen molar-refractivity contribution in [2.75, 3.05) is 11.4 Å². The highest BCUT2D eigenvalue weighted by Crippen LogP contribution is 2.31. The van der Waals surface area contributed by atoms with Gasteiger partial charge in [0.1, 0.15) is 0 Å². The predicted molar refractivity (Wildman–Crippen MR) is 68.8 cm³/mol. The summed E-state index contributed by atoms with van der Waals surface area (Å²) in [7, 11) is 0. The molecule has 1 fully saturated rings. The highest BCUT2D eigenvalue weighted by atomic mass is 19.2. The highest BCUT2D eigenvalue weighted by molar-refractivity contribution is 6.52. The van der Waals surface area contributed by atoms with E-state index < -0.39 is 23.3 Å². The number of carbonyl (C=O) groups is 3. The second-order valence-corrected chi connectivity index (χ2v) is 5.16. The van der Waals surface area contributed by atoms with Crippen LogP contribution in [-0.2, 0) is 9.59 Å². The zero-order chi connectivity index (χ0) is 15.1. The number of benzene rings is 1. The maximum Gasteiger partial charge on any atom is 0.299 e. The molecule has 0 saturated heterocycles. The molecule has 3 rings (SSSR count). The smallest absolute Gasteiger partial charge is 0.299 e. The summed E-state index contributed by atoms with van der Waals surface area (Å²) in [6.07, 6.45) is 1.90. The van der Waals surface area contributed by atoms with Crippen molar-refractivity contribution >= 4 is 23.3 Å². The molecule has 0 bridgehead atoms. The van der Waals surface area contributed by atoms with E-state index in [0.29, 0.717) is 0 Å². The van der Waals surface area contributed by atoms with E-state index in [0.717, 1.165) is 29.9 Å².